The topological polar surface area (TPSA) is 0 Å². The molecule has 21 heavy (non-hydrogen) atoms. The molecule has 0 aliphatic carbocycles. The Balaban J connectivity index is 3.19. The zero-order valence-corrected chi connectivity index (χ0v) is 13.7. The summed E-state index contributed by atoms with van der Waals surface area (Å²) in [5.41, 5.74) is 0.449. The van der Waals surface area contributed by atoms with Crippen LogP contribution in [0.15, 0.2) is 32.6 Å². The molecule has 0 aliphatic heterocycles. The van der Waals surface area contributed by atoms with E-state index in [1.165, 1.54) is 6.08 Å². The Morgan fingerprint density at radius 2 is 1.38 bits per heavy atom. The highest BCUT2D eigenvalue weighted by atomic mass is 79.9. The van der Waals surface area contributed by atoms with E-state index in [1.54, 1.807) is 0 Å². The molecule has 0 heterocycles. The van der Waals surface area contributed by atoms with Gasteiger partial charge in [-0.05, 0) is 23.9 Å². The maximum Gasteiger partial charge on any atom is 0.460 e. The van der Waals surface area contributed by atoms with Crippen LogP contribution in [0.25, 0.3) is 6.08 Å². The molecule has 0 atom stereocenters. The number of rotatable bonds is 4. The fraction of sp³-hybridized carbons (Fsp3) is 0.273. The van der Waals surface area contributed by atoms with E-state index in [0.29, 0.717) is 5.56 Å². The van der Waals surface area contributed by atoms with Gasteiger partial charge in [0.2, 0.25) is 0 Å². The minimum atomic E-state index is -6.35. The average molecular weight is 462 g/mol. The van der Waals surface area contributed by atoms with Crippen LogP contribution in [0, 0.1) is 0 Å². The number of alkyl halides is 7. The van der Waals surface area contributed by atoms with E-state index in [1.807, 2.05) is 0 Å². The van der Waals surface area contributed by atoms with Gasteiger partial charge >= 0.3 is 17.4 Å². The van der Waals surface area contributed by atoms with Crippen LogP contribution >= 0.6 is 43.6 Å². The zero-order chi connectivity index (χ0) is 16.6. The lowest BCUT2D eigenvalue weighted by atomic mass is 10.2. The van der Waals surface area contributed by atoms with Crippen molar-refractivity contribution in [3.8, 4) is 0 Å². The molecular formula is C11H5Br2F7S. The summed E-state index contributed by atoms with van der Waals surface area (Å²) >= 11 is 5.10. The molecule has 10 heteroatoms. The van der Waals surface area contributed by atoms with Gasteiger partial charge in [0.1, 0.15) is 0 Å². The van der Waals surface area contributed by atoms with Crippen molar-refractivity contribution >= 4 is 49.7 Å². The molecule has 0 spiro atoms. The first-order valence-electron chi connectivity index (χ1n) is 4.96. The quantitative estimate of drug-likeness (QED) is 0.353. The standard InChI is InChI=1S/C11H5Br2F7S/c1-2-6-7(12)3-5(4-8(6)13)21-11(19,20)9(14,15)10(16,17)18/h2-4H,1H2. The molecule has 0 unspecified atom stereocenters. The summed E-state index contributed by atoms with van der Waals surface area (Å²) in [5, 5.41) is -5.35. The molecule has 1 aromatic carbocycles. The number of hydrogen-bond acceptors (Lipinski definition) is 1. The van der Waals surface area contributed by atoms with Crippen LogP contribution in [0.4, 0.5) is 30.7 Å². The highest BCUT2D eigenvalue weighted by Gasteiger charge is 2.73. The van der Waals surface area contributed by atoms with Crippen molar-refractivity contribution in [1.82, 2.24) is 0 Å². The van der Waals surface area contributed by atoms with Gasteiger partial charge in [0, 0.05) is 19.4 Å². The third kappa shape index (κ3) is 3.76. The highest BCUT2D eigenvalue weighted by Crippen LogP contribution is 2.54. The van der Waals surface area contributed by atoms with Crippen molar-refractivity contribution in [2.75, 3.05) is 0 Å². The van der Waals surface area contributed by atoms with E-state index in [4.69, 9.17) is 0 Å². The second-order valence-corrected chi connectivity index (χ2v) is 6.59. The maximum atomic E-state index is 13.3. The van der Waals surface area contributed by atoms with Crippen molar-refractivity contribution < 1.29 is 30.7 Å². The van der Waals surface area contributed by atoms with E-state index >= 15 is 0 Å². The van der Waals surface area contributed by atoms with Crippen molar-refractivity contribution in [1.29, 1.82) is 0 Å². The highest BCUT2D eigenvalue weighted by molar-refractivity contribution is 9.11. The summed E-state index contributed by atoms with van der Waals surface area (Å²) in [5.74, 6) is -6.15. The average Bonchev–Trinajstić information content (AvgIpc) is 2.25. The van der Waals surface area contributed by atoms with Gasteiger partial charge in [-0.3, -0.25) is 0 Å². The van der Waals surface area contributed by atoms with Gasteiger partial charge in [0.15, 0.2) is 0 Å². The lowest BCUT2D eigenvalue weighted by molar-refractivity contribution is -0.330. The lowest BCUT2D eigenvalue weighted by Crippen LogP contribution is -2.49. The van der Waals surface area contributed by atoms with Gasteiger partial charge in [-0.25, -0.2) is 0 Å². The molecule has 0 saturated heterocycles. The predicted octanol–water partition coefficient (Wildman–Crippen LogP) is 6.74. The van der Waals surface area contributed by atoms with E-state index in [-0.39, 0.29) is 8.95 Å². The van der Waals surface area contributed by atoms with Gasteiger partial charge in [0.05, 0.1) is 0 Å². The van der Waals surface area contributed by atoms with E-state index in [0.717, 1.165) is 12.1 Å². The molecule has 0 bridgehead atoms. The smallest absolute Gasteiger partial charge is 0.188 e. The second kappa shape index (κ2) is 6.11. The zero-order valence-electron chi connectivity index (χ0n) is 9.75. The van der Waals surface area contributed by atoms with Crippen LogP contribution < -0.4 is 0 Å². The molecule has 1 rings (SSSR count). The lowest BCUT2D eigenvalue weighted by Gasteiger charge is -2.27. The molecule has 0 radical (unpaired) electrons. The Bertz CT molecular complexity index is 531. The first-order valence-corrected chi connectivity index (χ1v) is 7.36. The Labute approximate surface area is 136 Å². The van der Waals surface area contributed by atoms with Gasteiger partial charge in [0.25, 0.3) is 0 Å². The predicted molar refractivity (Wildman–Crippen MR) is 73.7 cm³/mol. The summed E-state index contributed by atoms with van der Waals surface area (Å²) < 4.78 is 88.7. The number of benzene rings is 1. The van der Waals surface area contributed by atoms with Gasteiger partial charge in [-0.2, -0.15) is 30.7 Å². The van der Waals surface area contributed by atoms with E-state index in [2.05, 4.69) is 38.4 Å². The third-order valence-electron chi connectivity index (χ3n) is 2.22. The van der Waals surface area contributed by atoms with E-state index in [9.17, 15) is 30.7 Å². The SMILES string of the molecule is C=Cc1c(Br)cc(SC(F)(F)C(F)(F)C(F)(F)F)cc1Br. The molecule has 118 valence electrons. The molecule has 0 aromatic heterocycles. The van der Waals surface area contributed by atoms with E-state index < -0.39 is 34.0 Å². The van der Waals surface area contributed by atoms with Crippen LogP contribution in [0.5, 0.6) is 0 Å². The Morgan fingerprint density at radius 1 is 0.952 bits per heavy atom. The van der Waals surface area contributed by atoms with Crippen molar-refractivity contribution in [3.05, 3.63) is 33.2 Å². The number of thioether (sulfide) groups is 1. The molecule has 1 aromatic rings. The molecular weight excluding hydrogens is 457 g/mol. The van der Waals surface area contributed by atoms with Crippen LogP contribution in [0.1, 0.15) is 5.56 Å². The third-order valence-corrected chi connectivity index (χ3v) is 4.52. The summed E-state index contributed by atoms with van der Waals surface area (Å²) in [6.45, 7) is 3.44. The monoisotopic (exact) mass is 460 g/mol. The van der Waals surface area contributed by atoms with Crippen molar-refractivity contribution in [2.24, 2.45) is 0 Å². The fourth-order valence-corrected chi connectivity index (χ4v) is 3.90. The Morgan fingerprint density at radius 3 is 1.71 bits per heavy atom. The van der Waals surface area contributed by atoms with Gasteiger partial charge < -0.3 is 0 Å². The Hall–Kier alpha value is -0.220. The first kappa shape index (κ1) is 18.8. The molecule has 0 saturated carbocycles. The Kier molecular flexibility index (Phi) is 5.48. The molecule has 0 nitrogen and oxygen atoms in total. The molecule has 0 aliphatic rings. The normalized spacial score (nSPS) is 13.4. The summed E-state index contributed by atoms with van der Waals surface area (Å²) in [7, 11) is 0. The van der Waals surface area contributed by atoms with Gasteiger partial charge in [-0.1, -0.05) is 44.5 Å². The van der Waals surface area contributed by atoms with Crippen LogP contribution in [0.2, 0.25) is 0 Å². The van der Waals surface area contributed by atoms with Crippen LogP contribution in [0.3, 0.4) is 0 Å². The van der Waals surface area contributed by atoms with Crippen molar-refractivity contribution in [2.45, 2.75) is 22.2 Å². The minimum Gasteiger partial charge on any atom is -0.188 e. The molecule has 0 fully saturated rings. The molecule has 0 N–H and O–H groups in total. The second-order valence-electron chi connectivity index (χ2n) is 3.70. The minimum absolute atomic E-state index is 0.223. The van der Waals surface area contributed by atoms with Crippen LogP contribution in [-0.4, -0.2) is 17.4 Å². The number of halogens is 9. The summed E-state index contributed by atoms with van der Waals surface area (Å²) in [6, 6.07) is 2.01. The fourth-order valence-electron chi connectivity index (χ4n) is 1.19. The van der Waals surface area contributed by atoms with Crippen LogP contribution in [-0.2, 0) is 0 Å². The maximum absolute atomic E-state index is 13.3. The van der Waals surface area contributed by atoms with Gasteiger partial charge in [-0.15, -0.1) is 0 Å². The molecule has 0 amide bonds. The number of hydrogen-bond donors (Lipinski definition) is 0. The first-order chi connectivity index (χ1) is 9.33. The van der Waals surface area contributed by atoms with Crippen molar-refractivity contribution in [3.63, 3.8) is 0 Å². The summed E-state index contributed by atoms with van der Waals surface area (Å²) in [4.78, 5) is -0.465. The summed E-state index contributed by atoms with van der Waals surface area (Å²) in [6.07, 6.45) is -5.00. The largest absolute Gasteiger partial charge is 0.460 e.